The van der Waals surface area contributed by atoms with E-state index in [0.29, 0.717) is 12.5 Å². The van der Waals surface area contributed by atoms with E-state index in [0.717, 1.165) is 56.0 Å². The lowest BCUT2D eigenvalue weighted by Crippen LogP contribution is -2.26. The minimum atomic E-state index is 0.121. The Bertz CT molecular complexity index is 725. The number of para-hydroxylation sites is 1. The van der Waals surface area contributed by atoms with Gasteiger partial charge in [0.25, 0.3) is 0 Å². The number of hydrogen-bond acceptors (Lipinski definition) is 4. The predicted molar refractivity (Wildman–Crippen MR) is 119 cm³/mol. The minimum Gasteiger partial charge on any atom is -0.491 e. The van der Waals surface area contributed by atoms with Crippen molar-refractivity contribution >= 4 is 5.69 Å². The van der Waals surface area contributed by atoms with E-state index in [1.165, 1.54) is 5.56 Å². The molecule has 0 aliphatic carbocycles. The Kier molecular flexibility index (Phi) is 8.24. The van der Waals surface area contributed by atoms with Crippen LogP contribution in [0, 0.1) is 0 Å². The quantitative estimate of drug-likeness (QED) is 0.503. The summed E-state index contributed by atoms with van der Waals surface area (Å²) in [4.78, 5) is 0. The smallest absolute Gasteiger partial charge is 0.123 e. The molecule has 0 saturated carbocycles. The average Bonchev–Trinajstić information content (AvgIpc) is 3.29. The summed E-state index contributed by atoms with van der Waals surface area (Å²) in [6.45, 7) is 8.90. The maximum absolute atomic E-state index is 6.36. The van der Waals surface area contributed by atoms with Crippen molar-refractivity contribution in [3.8, 4) is 11.5 Å². The highest BCUT2D eigenvalue weighted by atomic mass is 16.5. The molecule has 4 nitrogen and oxygen atoms in total. The van der Waals surface area contributed by atoms with Crippen LogP contribution in [0.15, 0.2) is 48.5 Å². The fourth-order valence-corrected chi connectivity index (χ4v) is 3.53. The Morgan fingerprint density at radius 1 is 1.07 bits per heavy atom. The van der Waals surface area contributed by atoms with E-state index >= 15 is 0 Å². The summed E-state index contributed by atoms with van der Waals surface area (Å²) in [5, 5.41) is 3.50. The van der Waals surface area contributed by atoms with Crippen LogP contribution in [0.1, 0.15) is 57.9 Å². The molecule has 1 saturated heterocycles. The van der Waals surface area contributed by atoms with Gasteiger partial charge in [0, 0.05) is 12.3 Å². The van der Waals surface area contributed by atoms with Crippen LogP contribution in [-0.4, -0.2) is 32.0 Å². The molecule has 3 atom stereocenters. The van der Waals surface area contributed by atoms with Crippen LogP contribution in [0.4, 0.5) is 5.69 Å². The average molecular weight is 398 g/mol. The number of nitrogens with one attached hydrogen (secondary N) is 1. The van der Waals surface area contributed by atoms with Gasteiger partial charge in [-0.05, 0) is 67.5 Å². The zero-order valence-electron chi connectivity index (χ0n) is 18.0. The minimum absolute atomic E-state index is 0.121. The molecule has 2 aromatic rings. The van der Waals surface area contributed by atoms with Crippen molar-refractivity contribution in [1.82, 2.24) is 0 Å². The Balaban J connectivity index is 1.50. The van der Waals surface area contributed by atoms with Crippen LogP contribution in [0.3, 0.4) is 0 Å². The van der Waals surface area contributed by atoms with Gasteiger partial charge >= 0.3 is 0 Å². The molecular formula is C25H35NO3. The van der Waals surface area contributed by atoms with Gasteiger partial charge < -0.3 is 19.5 Å². The van der Waals surface area contributed by atoms with Crippen LogP contribution in [0.5, 0.6) is 11.5 Å². The number of anilines is 1. The normalized spacial score (nSPS) is 18.2. The SMILES string of the molecule is CCC(CNc1ccc(OCC2CCCO2)cc1)Oc1ccccc1C(C)CC. The second-order valence-electron chi connectivity index (χ2n) is 7.85. The second kappa shape index (κ2) is 11.1. The van der Waals surface area contributed by atoms with Gasteiger partial charge in [-0.25, -0.2) is 0 Å². The monoisotopic (exact) mass is 397 g/mol. The van der Waals surface area contributed by atoms with Gasteiger partial charge in [0.05, 0.1) is 12.6 Å². The van der Waals surface area contributed by atoms with Gasteiger partial charge in [-0.2, -0.15) is 0 Å². The van der Waals surface area contributed by atoms with Gasteiger partial charge in [-0.3, -0.25) is 0 Å². The van der Waals surface area contributed by atoms with E-state index in [9.17, 15) is 0 Å². The standard InChI is InChI=1S/C25H35NO3/c1-4-19(3)24-10-6-7-11-25(24)29-21(5-2)17-26-20-12-14-22(15-13-20)28-18-23-9-8-16-27-23/h6-7,10-15,19,21,23,26H,4-5,8-9,16-18H2,1-3H3. The Morgan fingerprint density at radius 2 is 1.86 bits per heavy atom. The maximum Gasteiger partial charge on any atom is 0.123 e. The molecule has 3 rings (SSSR count). The molecule has 1 N–H and O–H groups in total. The summed E-state index contributed by atoms with van der Waals surface area (Å²) in [6, 6.07) is 16.6. The summed E-state index contributed by atoms with van der Waals surface area (Å²) >= 11 is 0. The van der Waals surface area contributed by atoms with Gasteiger partial charge in [0.15, 0.2) is 0 Å². The van der Waals surface area contributed by atoms with Crippen molar-refractivity contribution in [2.24, 2.45) is 0 Å². The highest BCUT2D eigenvalue weighted by molar-refractivity contribution is 5.46. The van der Waals surface area contributed by atoms with E-state index in [1.807, 2.05) is 12.1 Å². The summed E-state index contributed by atoms with van der Waals surface area (Å²) in [5.41, 5.74) is 2.37. The van der Waals surface area contributed by atoms with E-state index in [1.54, 1.807) is 0 Å². The molecule has 0 aromatic heterocycles. The topological polar surface area (TPSA) is 39.7 Å². The van der Waals surface area contributed by atoms with Crippen LogP contribution in [0.2, 0.25) is 0 Å². The van der Waals surface area contributed by atoms with Crippen molar-refractivity contribution in [3.63, 3.8) is 0 Å². The third-order valence-corrected chi connectivity index (χ3v) is 5.66. The van der Waals surface area contributed by atoms with Crippen LogP contribution in [0.25, 0.3) is 0 Å². The van der Waals surface area contributed by atoms with Gasteiger partial charge in [-0.1, -0.05) is 39.0 Å². The second-order valence-corrected chi connectivity index (χ2v) is 7.85. The van der Waals surface area contributed by atoms with Crippen molar-refractivity contribution in [2.75, 3.05) is 25.1 Å². The molecule has 4 heteroatoms. The van der Waals surface area contributed by atoms with Gasteiger partial charge in [-0.15, -0.1) is 0 Å². The molecule has 1 aliphatic heterocycles. The Morgan fingerprint density at radius 3 is 2.55 bits per heavy atom. The largest absolute Gasteiger partial charge is 0.491 e. The van der Waals surface area contributed by atoms with E-state index in [-0.39, 0.29) is 12.2 Å². The van der Waals surface area contributed by atoms with Crippen LogP contribution in [-0.2, 0) is 4.74 Å². The van der Waals surface area contributed by atoms with Crippen molar-refractivity contribution in [3.05, 3.63) is 54.1 Å². The molecule has 0 radical (unpaired) electrons. The molecule has 1 heterocycles. The zero-order valence-corrected chi connectivity index (χ0v) is 18.0. The maximum atomic E-state index is 6.36. The lowest BCUT2D eigenvalue weighted by atomic mass is 9.98. The number of benzene rings is 2. The molecule has 1 aliphatic rings. The highest BCUT2D eigenvalue weighted by Gasteiger charge is 2.16. The summed E-state index contributed by atoms with van der Waals surface area (Å²) in [5.74, 6) is 2.39. The zero-order chi connectivity index (χ0) is 20.5. The Hall–Kier alpha value is -2.20. The van der Waals surface area contributed by atoms with Crippen molar-refractivity contribution < 1.29 is 14.2 Å². The number of ether oxygens (including phenoxy) is 3. The number of rotatable bonds is 11. The lowest BCUT2D eigenvalue weighted by Gasteiger charge is -2.22. The number of hydrogen-bond donors (Lipinski definition) is 1. The summed E-state index contributed by atoms with van der Waals surface area (Å²) in [6.07, 6.45) is 4.66. The van der Waals surface area contributed by atoms with E-state index < -0.39 is 0 Å². The molecule has 158 valence electrons. The van der Waals surface area contributed by atoms with Gasteiger partial charge in [0.1, 0.15) is 24.2 Å². The van der Waals surface area contributed by atoms with Gasteiger partial charge in [0.2, 0.25) is 0 Å². The molecule has 1 fully saturated rings. The summed E-state index contributed by atoms with van der Waals surface area (Å²) in [7, 11) is 0. The first-order valence-electron chi connectivity index (χ1n) is 11.0. The van der Waals surface area contributed by atoms with Crippen molar-refractivity contribution in [1.29, 1.82) is 0 Å². The third kappa shape index (κ3) is 6.40. The molecule has 3 unspecified atom stereocenters. The first-order chi connectivity index (χ1) is 14.2. The van der Waals surface area contributed by atoms with E-state index in [2.05, 4.69) is 62.5 Å². The lowest BCUT2D eigenvalue weighted by molar-refractivity contribution is 0.0679. The predicted octanol–water partition coefficient (Wildman–Crippen LogP) is 6.03. The van der Waals surface area contributed by atoms with E-state index in [4.69, 9.17) is 14.2 Å². The fraction of sp³-hybridized carbons (Fsp3) is 0.520. The molecule has 0 amide bonds. The molecule has 0 bridgehead atoms. The first-order valence-corrected chi connectivity index (χ1v) is 11.0. The third-order valence-electron chi connectivity index (χ3n) is 5.66. The van der Waals surface area contributed by atoms with Crippen LogP contribution >= 0.6 is 0 Å². The van der Waals surface area contributed by atoms with Crippen molar-refractivity contribution in [2.45, 2.75) is 64.6 Å². The first kappa shape index (κ1) is 21.5. The molecule has 2 aromatic carbocycles. The Labute approximate surface area is 175 Å². The molecule has 29 heavy (non-hydrogen) atoms. The summed E-state index contributed by atoms with van der Waals surface area (Å²) < 4.78 is 17.8. The molecular weight excluding hydrogens is 362 g/mol. The highest BCUT2D eigenvalue weighted by Crippen LogP contribution is 2.29. The van der Waals surface area contributed by atoms with Crippen LogP contribution < -0.4 is 14.8 Å². The molecule has 0 spiro atoms. The fourth-order valence-electron chi connectivity index (χ4n) is 3.53.